The number of morpholine rings is 1. The summed E-state index contributed by atoms with van der Waals surface area (Å²) in [5.41, 5.74) is 1.06. The Morgan fingerprint density at radius 3 is 2.54 bits per heavy atom. The maximum absolute atomic E-state index is 12.4. The molecule has 3 rings (SSSR count). The van der Waals surface area contributed by atoms with Crippen molar-refractivity contribution in [1.82, 2.24) is 15.1 Å². The van der Waals surface area contributed by atoms with Gasteiger partial charge in [0.2, 0.25) is 5.91 Å². The Morgan fingerprint density at radius 1 is 1.12 bits per heavy atom. The molecule has 0 bridgehead atoms. The van der Waals surface area contributed by atoms with Crippen LogP contribution in [0.2, 0.25) is 0 Å². The Morgan fingerprint density at radius 2 is 1.83 bits per heavy atom. The molecule has 0 unspecified atom stereocenters. The van der Waals surface area contributed by atoms with Crippen molar-refractivity contribution in [3.05, 3.63) is 35.9 Å². The van der Waals surface area contributed by atoms with Gasteiger partial charge in [0.25, 0.3) is 0 Å². The van der Waals surface area contributed by atoms with Crippen LogP contribution in [0.25, 0.3) is 0 Å². The van der Waals surface area contributed by atoms with E-state index in [2.05, 4.69) is 5.32 Å². The second-order valence-corrected chi connectivity index (χ2v) is 6.50. The van der Waals surface area contributed by atoms with Crippen LogP contribution in [0.4, 0.5) is 4.79 Å². The van der Waals surface area contributed by atoms with E-state index in [9.17, 15) is 9.59 Å². The molecular weight excluding hydrogens is 306 g/mol. The molecule has 6 nitrogen and oxygen atoms in total. The fourth-order valence-electron chi connectivity index (χ4n) is 3.31. The monoisotopic (exact) mass is 331 g/mol. The van der Waals surface area contributed by atoms with E-state index in [1.807, 2.05) is 42.2 Å². The van der Waals surface area contributed by atoms with Gasteiger partial charge in [-0.1, -0.05) is 30.3 Å². The fraction of sp³-hybridized carbons (Fsp3) is 0.556. The van der Waals surface area contributed by atoms with E-state index >= 15 is 0 Å². The lowest BCUT2D eigenvalue weighted by molar-refractivity contribution is -0.129. The highest BCUT2D eigenvalue weighted by atomic mass is 16.5. The van der Waals surface area contributed by atoms with E-state index in [0.717, 1.165) is 31.5 Å². The van der Waals surface area contributed by atoms with Crippen LogP contribution in [-0.4, -0.2) is 60.6 Å². The highest BCUT2D eigenvalue weighted by Crippen LogP contribution is 2.24. The molecule has 1 aromatic rings. The van der Waals surface area contributed by atoms with Gasteiger partial charge in [-0.2, -0.15) is 0 Å². The molecule has 2 saturated heterocycles. The smallest absolute Gasteiger partial charge is 0.318 e. The molecule has 6 heteroatoms. The van der Waals surface area contributed by atoms with E-state index in [4.69, 9.17) is 4.74 Å². The first kappa shape index (κ1) is 16.8. The molecule has 2 atom stereocenters. The minimum absolute atomic E-state index is 0.00164. The van der Waals surface area contributed by atoms with Gasteiger partial charge in [0.15, 0.2) is 0 Å². The number of hydrogen-bond acceptors (Lipinski definition) is 3. The summed E-state index contributed by atoms with van der Waals surface area (Å²) in [5.74, 6) is 0.00164. The molecule has 2 aliphatic heterocycles. The summed E-state index contributed by atoms with van der Waals surface area (Å²) in [7, 11) is 0. The number of nitrogens with zero attached hydrogens (tertiary/aromatic N) is 2. The van der Waals surface area contributed by atoms with Crippen molar-refractivity contribution in [3.8, 4) is 0 Å². The van der Waals surface area contributed by atoms with Gasteiger partial charge in [0.1, 0.15) is 6.10 Å². The fourth-order valence-corrected chi connectivity index (χ4v) is 3.31. The molecule has 0 aliphatic carbocycles. The number of urea groups is 1. The van der Waals surface area contributed by atoms with Crippen molar-refractivity contribution in [2.75, 3.05) is 32.7 Å². The maximum atomic E-state index is 12.4. The van der Waals surface area contributed by atoms with Crippen LogP contribution < -0.4 is 5.32 Å². The zero-order valence-electron chi connectivity index (χ0n) is 14.1. The van der Waals surface area contributed by atoms with Gasteiger partial charge in [0, 0.05) is 19.6 Å². The van der Waals surface area contributed by atoms with E-state index in [1.54, 1.807) is 4.90 Å². The molecule has 2 heterocycles. The van der Waals surface area contributed by atoms with Gasteiger partial charge in [-0.05, 0) is 25.3 Å². The Hall–Kier alpha value is -2.08. The summed E-state index contributed by atoms with van der Waals surface area (Å²) in [5, 5.41) is 2.76. The lowest BCUT2D eigenvalue weighted by Crippen LogP contribution is -2.51. The second-order valence-electron chi connectivity index (χ2n) is 6.50. The van der Waals surface area contributed by atoms with Crippen LogP contribution in [0.15, 0.2) is 30.3 Å². The molecule has 0 spiro atoms. The predicted molar refractivity (Wildman–Crippen MR) is 90.5 cm³/mol. The minimum atomic E-state index is -0.196. The second kappa shape index (κ2) is 7.66. The van der Waals surface area contributed by atoms with E-state index in [0.29, 0.717) is 13.1 Å². The van der Waals surface area contributed by atoms with Crippen molar-refractivity contribution in [1.29, 1.82) is 0 Å². The zero-order valence-corrected chi connectivity index (χ0v) is 14.1. The topological polar surface area (TPSA) is 61.9 Å². The Labute approximate surface area is 142 Å². The zero-order chi connectivity index (χ0) is 16.9. The number of carbonyl (C=O) groups is 2. The Bertz CT molecular complexity index is 572. The molecule has 1 aromatic carbocycles. The predicted octanol–water partition coefficient (Wildman–Crippen LogP) is 1.78. The van der Waals surface area contributed by atoms with Crippen molar-refractivity contribution in [2.24, 2.45) is 0 Å². The number of rotatable bonds is 3. The third-order valence-corrected chi connectivity index (χ3v) is 4.57. The molecule has 3 amide bonds. The number of carbonyl (C=O) groups excluding carboxylic acids is 2. The highest BCUT2D eigenvalue weighted by Gasteiger charge is 2.29. The molecule has 2 fully saturated rings. The summed E-state index contributed by atoms with van der Waals surface area (Å²) < 4.78 is 5.96. The molecule has 0 radical (unpaired) electrons. The molecule has 1 N–H and O–H groups in total. The molecule has 2 aliphatic rings. The number of likely N-dealkylation sites (tertiary alicyclic amines) is 1. The molecular formula is C18H25N3O3. The summed E-state index contributed by atoms with van der Waals surface area (Å²) in [6.07, 6.45) is 1.94. The average molecular weight is 331 g/mol. The summed E-state index contributed by atoms with van der Waals surface area (Å²) in [6, 6.07) is 9.72. The van der Waals surface area contributed by atoms with Crippen molar-refractivity contribution in [3.63, 3.8) is 0 Å². The molecule has 0 aromatic heterocycles. The van der Waals surface area contributed by atoms with Crippen LogP contribution in [0.3, 0.4) is 0 Å². The third kappa shape index (κ3) is 4.06. The summed E-state index contributed by atoms with van der Waals surface area (Å²) in [4.78, 5) is 28.0. The number of benzene rings is 1. The summed E-state index contributed by atoms with van der Waals surface area (Å²) in [6.45, 7) is 4.68. The van der Waals surface area contributed by atoms with Gasteiger partial charge in [-0.25, -0.2) is 4.79 Å². The van der Waals surface area contributed by atoms with Crippen molar-refractivity contribution in [2.45, 2.75) is 32.0 Å². The van der Waals surface area contributed by atoms with Gasteiger partial charge in [0.05, 0.1) is 19.2 Å². The van der Waals surface area contributed by atoms with Gasteiger partial charge in [-0.15, -0.1) is 0 Å². The standard InChI is InChI=1S/C18H25N3O3/c1-14-12-21(13-16(24-14)15-7-3-2-4-8-15)18(23)19-11-17(22)20-9-5-6-10-20/h2-4,7-8,14,16H,5-6,9-13H2,1H3,(H,19,23)/t14-,16+/m0/s1. The van der Waals surface area contributed by atoms with Crippen molar-refractivity contribution >= 4 is 11.9 Å². The highest BCUT2D eigenvalue weighted by molar-refractivity contribution is 5.84. The number of hydrogen-bond donors (Lipinski definition) is 1. The van der Waals surface area contributed by atoms with E-state index < -0.39 is 0 Å². The van der Waals surface area contributed by atoms with Crippen LogP contribution in [0.1, 0.15) is 31.4 Å². The normalized spacial score (nSPS) is 24.0. The molecule has 24 heavy (non-hydrogen) atoms. The quantitative estimate of drug-likeness (QED) is 0.918. The average Bonchev–Trinajstić information content (AvgIpc) is 3.14. The number of nitrogens with one attached hydrogen (secondary N) is 1. The summed E-state index contributed by atoms with van der Waals surface area (Å²) >= 11 is 0. The molecule has 130 valence electrons. The van der Waals surface area contributed by atoms with Crippen LogP contribution in [-0.2, 0) is 9.53 Å². The number of ether oxygens (including phenoxy) is 1. The van der Waals surface area contributed by atoms with Crippen LogP contribution in [0, 0.1) is 0 Å². The molecule has 0 saturated carbocycles. The van der Waals surface area contributed by atoms with Crippen LogP contribution in [0.5, 0.6) is 0 Å². The van der Waals surface area contributed by atoms with Gasteiger partial charge in [-0.3, -0.25) is 4.79 Å². The maximum Gasteiger partial charge on any atom is 0.318 e. The Balaban J connectivity index is 1.54. The van der Waals surface area contributed by atoms with Crippen LogP contribution >= 0.6 is 0 Å². The SMILES string of the molecule is C[C@H]1CN(C(=O)NCC(=O)N2CCCC2)C[C@H](c2ccccc2)O1. The lowest BCUT2D eigenvalue weighted by Gasteiger charge is -2.37. The first-order valence-electron chi connectivity index (χ1n) is 8.64. The van der Waals surface area contributed by atoms with E-state index in [1.165, 1.54) is 0 Å². The minimum Gasteiger partial charge on any atom is -0.367 e. The Kier molecular flexibility index (Phi) is 5.35. The lowest BCUT2D eigenvalue weighted by atomic mass is 10.1. The third-order valence-electron chi connectivity index (χ3n) is 4.57. The van der Waals surface area contributed by atoms with Crippen molar-refractivity contribution < 1.29 is 14.3 Å². The largest absolute Gasteiger partial charge is 0.367 e. The van der Waals surface area contributed by atoms with E-state index in [-0.39, 0.29) is 30.7 Å². The first-order chi connectivity index (χ1) is 11.6. The number of amides is 3. The first-order valence-corrected chi connectivity index (χ1v) is 8.64. The van der Waals surface area contributed by atoms with Gasteiger partial charge < -0.3 is 19.9 Å². The van der Waals surface area contributed by atoms with Gasteiger partial charge >= 0.3 is 6.03 Å².